The Balaban J connectivity index is 1.25. The van der Waals surface area contributed by atoms with Crippen molar-refractivity contribution < 1.29 is 9.53 Å². The summed E-state index contributed by atoms with van der Waals surface area (Å²) in [4.78, 5) is 18.6. The molecule has 1 aromatic heterocycles. The van der Waals surface area contributed by atoms with Crippen LogP contribution < -0.4 is 4.74 Å². The van der Waals surface area contributed by atoms with Crippen molar-refractivity contribution in [2.24, 2.45) is 5.92 Å². The van der Waals surface area contributed by atoms with E-state index in [-0.39, 0.29) is 5.91 Å². The highest BCUT2D eigenvalue weighted by Crippen LogP contribution is 2.30. The molecule has 1 fully saturated rings. The van der Waals surface area contributed by atoms with Crippen LogP contribution in [0.1, 0.15) is 34.3 Å². The molecule has 1 aliphatic heterocycles. The summed E-state index contributed by atoms with van der Waals surface area (Å²) in [6.45, 7) is 2.12. The van der Waals surface area contributed by atoms with Crippen LogP contribution in [0.3, 0.4) is 0 Å². The predicted molar refractivity (Wildman–Crippen MR) is 128 cm³/mol. The van der Waals surface area contributed by atoms with Gasteiger partial charge >= 0.3 is 0 Å². The molecular formula is C28H28N2O2. The molecule has 2 heterocycles. The zero-order valence-corrected chi connectivity index (χ0v) is 18.2. The molecule has 3 aromatic carbocycles. The molecule has 0 radical (unpaired) electrons. The maximum absolute atomic E-state index is 13.3. The standard InChI is InChI=1S/C28H28N2O2/c31-28(30-16-14-22(15-17-30)18-21-8-3-1-4-9-21)25-19-29-27-24(25)12-7-13-26(27)32-20-23-10-5-2-6-11-23/h1-13,19,22,29H,14-18,20H2. The first-order valence-electron chi connectivity index (χ1n) is 11.4. The summed E-state index contributed by atoms with van der Waals surface area (Å²) in [5.74, 6) is 1.52. The number of nitrogens with zero attached hydrogens (tertiary/aromatic N) is 1. The number of benzene rings is 3. The average Bonchev–Trinajstić information content (AvgIpc) is 3.29. The van der Waals surface area contributed by atoms with Crippen molar-refractivity contribution in [1.29, 1.82) is 0 Å². The van der Waals surface area contributed by atoms with Crippen molar-refractivity contribution in [2.75, 3.05) is 13.1 Å². The number of hydrogen-bond donors (Lipinski definition) is 1. The Bertz CT molecular complexity index is 1180. The number of carbonyl (C=O) groups is 1. The number of nitrogens with one attached hydrogen (secondary N) is 1. The number of likely N-dealkylation sites (tertiary alicyclic amines) is 1. The Morgan fingerprint density at radius 1 is 0.875 bits per heavy atom. The minimum atomic E-state index is 0.106. The fourth-order valence-corrected chi connectivity index (χ4v) is 4.62. The van der Waals surface area contributed by atoms with Crippen molar-refractivity contribution >= 4 is 16.8 Å². The molecule has 4 heteroatoms. The van der Waals surface area contributed by atoms with Crippen molar-refractivity contribution in [3.05, 3.63) is 102 Å². The fraction of sp³-hybridized carbons (Fsp3) is 0.250. The highest BCUT2D eigenvalue weighted by atomic mass is 16.5. The molecule has 0 bridgehead atoms. The van der Waals surface area contributed by atoms with Crippen LogP contribution in [-0.4, -0.2) is 28.9 Å². The molecule has 1 aliphatic rings. The van der Waals surface area contributed by atoms with Gasteiger partial charge in [0.25, 0.3) is 5.91 Å². The third-order valence-electron chi connectivity index (χ3n) is 6.41. The van der Waals surface area contributed by atoms with E-state index in [0.29, 0.717) is 12.5 Å². The maximum atomic E-state index is 13.3. The summed E-state index contributed by atoms with van der Waals surface area (Å²) < 4.78 is 6.06. The van der Waals surface area contributed by atoms with E-state index in [1.54, 1.807) is 0 Å². The largest absolute Gasteiger partial charge is 0.487 e. The quantitative estimate of drug-likeness (QED) is 0.422. The number of aromatic amines is 1. The van der Waals surface area contributed by atoms with Gasteiger partial charge in [0.2, 0.25) is 0 Å². The summed E-state index contributed by atoms with van der Waals surface area (Å²) in [5, 5.41) is 0.923. The van der Waals surface area contributed by atoms with Crippen LogP contribution in [-0.2, 0) is 13.0 Å². The second kappa shape index (κ2) is 9.31. The minimum absolute atomic E-state index is 0.106. The normalized spacial score (nSPS) is 14.6. The topological polar surface area (TPSA) is 45.3 Å². The molecule has 4 aromatic rings. The molecular weight excluding hydrogens is 396 g/mol. The van der Waals surface area contributed by atoms with Gasteiger partial charge in [-0.15, -0.1) is 0 Å². The molecule has 0 saturated carbocycles. The number of ether oxygens (including phenoxy) is 1. The first-order chi connectivity index (χ1) is 15.8. The number of fused-ring (bicyclic) bond motifs is 1. The van der Waals surface area contributed by atoms with Crippen LogP contribution in [0.25, 0.3) is 10.9 Å². The van der Waals surface area contributed by atoms with E-state index in [2.05, 4.69) is 35.3 Å². The first kappa shape index (κ1) is 20.4. The summed E-state index contributed by atoms with van der Waals surface area (Å²) in [6, 6.07) is 26.7. The van der Waals surface area contributed by atoms with E-state index in [0.717, 1.165) is 60.1 Å². The number of H-pyrrole nitrogens is 1. The molecule has 1 N–H and O–H groups in total. The average molecular weight is 425 g/mol. The summed E-state index contributed by atoms with van der Waals surface area (Å²) >= 11 is 0. The van der Waals surface area contributed by atoms with Gasteiger partial charge in [0.1, 0.15) is 12.4 Å². The van der Waals surface area contributed by atoms with Crippen LogP contribution in [0.2, 0.25) is 0 Å². The molecule has 0 unspecified atom stereocenters. The molecule has 0 aliphatic carbocycles. The van der Waals surface area contributed by atoms with Crippen LogP contribution in [0.4, 0.5) is 0 Å². The molecule has 0 atom stereocenters. The molecule has 162 valence electrons. The lowest BCUT2D eigenvalue weighted by Crippen LogP contribution is -2.38. The smallest absolute Gasteiger partial charge is 0.256 e. The summed E-state index contributed by atoms with van der Waals surface area (Å²) in [6.07, 6.45) is 5.03. The fourth-order valence-electron chi connectivity index (χ4n) is 4.62. The SMILES string of the molecule is O=C(c1c[nH]c2c(OCc3ccccc3)cccc12)N1CCC(Cc2ccccc2)CC1. The molecule has 5 rings (SSSR count). The number of piperidine rings is 1. The lowest BCUT2D eigenvalue weighted by Gasteiger charge is -2.32. The zero-order chi connectivity index (χ0) is 21.8. The predicted octanol–water partition coefficient (Wildman–Crippen LogP) is 5.84. The molecule has 4 nitrogen and oxygen atoms in total. The number of carbonyl (C=O) groups excluding carboxylic acids is 1. The number of rotatable bonds is 6. The third-order valence-corrected chi connectivity index (χ3v) is 6.41. The van der Waals surface area contributed by atoms with Crippen LogP contribution in [0, 0.1) is 5.92 Å². The minimum Gasteiger partial charge on any atom is -0.487 e. The van der Waals surface area contributed by atoms with Gasteiger partial charge in [-0.3, -0.25) is 4.79 Å². The van der Waals surface area contributed by atoms with Gasteiger partial charge in [0.05, 0.1) is 11.1 Å². The van der Waals surface area contributed by atoms with Gasteiger partial charge in [-0.2, -0.15) is 0 Å². The van der Waals surface area contributed by atoms with E-state index in [1.807, 2.05) is 59.6 Å². The van der Waals surface area contributed by atoms with Gasteiger partial charge in [-0.05, 0) is 42.4 Å². The van der Waals surface area contributed by atoms with E-state index in [4.69, 9.17) is 4.74 Å². The second-order valence-corrected chi connectivity index (χ2v) is 8.58. The van der Waals surface area contributed by atoms with Crippen molar-refractivity contribution in [3.63, 3.8) is 0 Å². The van der Waals surface area contributed by atoms with Gasteiger partial charge < -0.3 is 14.6 Å². The monoisotopic (exact) mass is 424 g/mol. The van der Waals surface area contributed by atoms with Crippen molar-refractivity contribution in [1.82, 2.24) is 9.88 Å². The van der Waals surface area contributed by atoms with Crippen molar-refractivity contribution in [2.45, 2.75) is 25.9 Å². The van der Waals surface area contributed by atoms with E-state index >= 15 is 0 Å². The molecule has 1 amide bonds. The van der Waals surface area contributed by atoms with E-state index < -0.39 is 0 Å². The summed E-state index contributed by atoms with van der Waals surface area (Å²) in [7, 11) is 0. The lowest BCUT2D eigenvalue weighted by molar-refractivity contribution is 0.0692. The number of hydrogen-bond acceptors (Lipinski definition) is 2. The Hall–Kier alpha value is -3.53. The highest BCUT2D eigenvalue weighted by Gasteiger charge is 2.25. The van der Waals surface area contributed by atoms with Gasteiger partial charge in [0, 0.05) is 24.7 Å². The highest BCUT2D eigenvalue weighted by molar-refractivity contribution is 6.08. The Kier molecular flexibility index (Phi) is 5.93. The molecule has 0 spiro atoms. The molecule has 32 heavy (non-hydrogen) atoms. The lowest BCUT2D eigenvalue weighted by atomic mass is 9.90. The Morgan fingerprint density at radius 3 is 2.28 bits per heavy atom. The Labute approximate surface area is 188 Å². The second-order valence-electron chi connectivity index (χ2n) is 8.58. The number of aromatic nitrogens is 1. The Morgan fingerprint density at radius 2 is 1.56 bits per heavy atom. The van der Waals surface area contributed by atoms with E-state index in [1.165, 1.54) is 5.56 Å². The van der Waals surface area contributed by atoms with Crippen LogP contribution >= 0.6 is 0 Å². The van der Waals surface area contributed by atoms with Gasteiger partial charge in [0.15, 0.2) is 0 Å². The van der Waals surface area contributed by atoms with Crippen LogP contribution in [0.15, 0.2) is 85.1 Å². The number of amides is 1. The molecule has 1 saturated heterocycles. The number of para-hydroxylation sites is 1. The van der Waals surface area contributed by atoms with E-state index in [9.17, 15) is 4.79 Å². The zero-order valence-electron chi connectivity index (χ0n) is 18.2. The third kappa shape index (κ3) is 4.40. The van der Waals surface area contributed by atoms with Crippen LogP contribution in [0.5, 0.6) is 5.75 Å². The maximum Gasteiger partial charge on any atom is 0.256 e. The van der Waals surface area contributed by atoms with Gasteiger partial charge in [-0.25, -0.2) is 0 Å². The van der Waals surface area contributed by atoms with Crippen molar-refractivity contribution in [3.8, 4) is 5.75 Å². The van der Waals surface area contributed by atoms with Gasteiger partial charge in [-0.1, -0.05) is 72.8 Å². The summed E-state index contributed by atoms with van der Waals surface area (Å²) in [5.41, 5.74) is 4.11. The first-order valence-corrected chi connectivity index (χ1v) is 11.4.